The molecule has 0 saturated carbocycles. The predicted octanol–water partition coefficient (Wildman–Crippen LogP) is -2.78. The van der Waals surface area contributed by atoms with Gasteiger partial charge in [-0.05, 0) is 6.07 Å². The molecule has 0 aliphatic carbocycles. The van der Waals surface area contributed by atoms with E-state index < -0.39 is 30.2 Å². The van der Waals surface area contributed by atoms with Gasteiger partial charge in [0, 0.05) is 6.20 Å². The van der Waals surface area contributed by atoms with Crippen LogP contribution in [0.5, 0.6) is 0 Å². The first kappa shape index (κ1) is 12.0. The summed E-state index contributed by atoms with van der Waals surface area (Å²) >= 11 is 0. The molecule has 5 N–H and O–H groups in total. The minimum Gasteiger partial charge on any atom is -0.391 e. The molecule has 1 aliphatic heterocycles. The molecule has 2 rings (SSSR count). The Balaban J connectivity index is 2.53. The van der Waals surface area contributed by atoms with Crippen LogP contribution < -0.4 is 11.4 Å². The maximum atomic E-state index is 11.6. The lowest BCUT2D eigenvalue weighted by atomic mass is 10.1. The fourth-order valence-corrected chi connectivity index (χ4v) is 1.84. The lowest BCUT2D eigenvalue weighted by Gasteiger charge is -2.31. The van der Waals surface area contributed by atoms with E-state index in [1.165, 1.54) is 12.3 Å². The second kappa shape index (κ2) is 4.08. The Morgan fingerprint density at radius 3 is 2.82 bits per heavy atom. The zero-order valence-electron chi connectivity index (χ0n) is 8.85. The van der Waals surface area contributed by atoms with Crippen molar-refractivity contribution in [3.8, 4) is 0 Å². The van der Waals surface area contributed by atoms with Crippen molar-refractivity contribution in [2.45, 2.75) is 17.9 Å². The van der Waals surface area contributed by atoms with Gasteiger partial charge in [-0.3, -0.25) is 4.57 Å². The van der Waals surface area contributed by atoms with Gasteiger partial charge in [-0.15, -0.1) is 0 Å². The first-order chi connectivity index (χ1) is 8.01. The van der Waals surface area contributed by atoms with Gasteiger partial charge >= 0.3 is 5.69 Å². The Hall–Kier alpha value is -1.48. The Bertz CT molecular complexity index is 476. The summed E-state index contributed by atoms with van der Waals surface area (Å²) in [6, 6.07) is 1.33. The molecule has 8 nitrogen and oxygen atoms in total. The number of hydrogen-bond acceptors (Lipinski definition) is 7. The van der Waals surface area contributed by atoms with Crippen LogP contribution in [0.2, 0.25) is 0 Å². The molecule has 1 aromatic rings. The first-order valence-corrected chi connectivity index (χ1v) is 4.98. The van der Waals surface area contributed by atoms with E-state index in [0.29, 0.717) is 0 Å². The summed E-state index contributed by atoms with van der Waals surface area (Å²) in [5, 5.41) is 28.6. The van der Waals surface area contributed by atoms with E-state index >= 15 is 0 Å². The molecule has 0 aromatic carbocycles. The van der Waals surface area contributed by atoms with Crippen LogP contribution >= 0.6 is 0 Å². The molecule has 1 saturated heterocycles. The van der Waals surface area contributed by atoms with Crippen LogP contribution in [0.1, 0.15) is 0 Å². The highest BCUT2D eigenvalue weighted by Crippen LogP contribution is 2.29. The van der Waals surface area contributed by atoms with Crippen molar-refractivity contribution in [3.05, 3.63) is 22.7 Å². The van der Waals surface area contributed by atoms with Crippen molar-refractivity contribution in [2.75, 3.05) is 18.9 Å². The summed E-state index contributed by atoms with van der Waals surface area (Å²) in [5.74, 6) is 0.0207. The van der Waals surface area contributed by atoms with Crippen molar-refractivity contribution >= 4 is 5.82 Å². The third-order valence-corrected chi connectivity index (χ3v) is 2.79. The zero-order chi connectivity index (χ0) is 12.6. The van der Waals surface area contributed by atoms with Crippen molar-refractivity contribution < 1.29 is 20.1 Å². The van der Waals surface area contributed by atoms with Gasteiger partial charge in [0.25, 0.3) is 0 Å². The fourth-order valence-electron chi connectivity index (χ4n) is 1.84. The zero-order valence-corrected chi connectivity index (χ0v) is 8.85. The van der Waals surface area contributed by atoms with E-state index in [4.69, 9.17) is 10.5 Å². The lowest BCUT2D eigenvalue weighted by molar-refractivity contribution is -0.154. The maximum Gasteiger partial charge on any atom is 0.352 e. The van der Waals surface area contributed by atoms with Gasteiger partial charge in [-0.25, -0.2) is 4.79 Å². The second-order valence-corrected chi connectivity index (χ2v) is 3.83. The molecule has 0 bridgehead atoms. The number of aliphatic hydroxyl groups is 3. The monoisotopic (exact) mass is 243 g/mol. The third kappa shape index (κ3) is 1.71. The molecule has 0 amide bonds. The minimum atomic E-state index is -1.71. The van der Waals surface area contributed by atoms with Gasteiger partial charge in [0.2, 0.25) is 5.72 Å². The molecule has 8 heteroatoms. The van der Waals surface area contributed by atoms with Gasteiger partial charge in [0.15, 0.2) is 0 Å². The predicted molar refractivity (Wildman–Crippen MR) is 55.9 cm³/mol. The first-order valence-electron chi connectivity index (χ1n) is 4.98. The molecular formula is C9H13N3O5. The fraction of sp³-hybridized carbons (Fsp3) is 0.556. The van der Waals surface area contributed by atoms with E-state index in [1.807, 2.05) is 0 Å². The molecular weight excluding hydrogens is 230 g/mol. The summed E-state index contributed by atoms with van der Waals surface area (Å²) in [6.07, 6.45) is -1.34. The van der Waals surface area contributed by atoms with Gasteiger partial charge in [-0.1, -0.05) is 0 Å². The van der Waals surface area contributed by atoms with Crippen LogP contribution in [-0.2, 0) is 10.5 Å². The highest BCUT2D eigenvalue weighted by molar-refractivity contribution is 5.24. The molecule has 3 atom stereocenters. The number of nitrogen functional groups attached to an aromatic ring is 1. The van der Waals surface area contributed by atoms with Crippen LogP contribution in [0.3, 0.4) is 0 Å². The SMILES string of the molecule is Nc1ccn([C@@]2(CO)OC[C@@H](O)[C@@H]2O)c(=O)n1. The number of aromatic nitrogens is 2. The Morgan fingerprint density at radius 1 is 1.65 bits per heavy atom. The largest absolute Gasteiger partial charge is 0.391 e. The molecule has 0 spiro atoms. The summed E-state index contributed by atoms with van der Waals surface area (Å²) in [6.45, 7) is -0.852. The molecule has 0 radical (unpaired) electrons. The Morgan fingerprint density at radius 2 is 2.35 bits per heavy atom. The van der Waals surface area contributed by atoms with Crippen LogP contribution in [-0.4, -0.2) is 50.3 Å². The molecule has 17 heavy (non-hydrogen) atoms. The molecule has 0 unspecified atom stereocenters. The average molecular weight is 243 g/mol. The van der Waals surface area contributed by atoms with Gasteiger partial charge < -0.3 is 25.8 Å². The van der Waals surface area contributed by atoms with Crippen LogP contribution in [0.4, 0.5) is 5.82 Å². The lowest BCUT2D eigenvalue weighted by Crippen LogP contribution is -2.53. The van der Waals surface area contributed by atoms with E-state index in [1.54, 1.807) is 0 Å². The Kier molecular flexibility index (Phi) is 2.87. The van der Waals surface area contributed by atoms with E-state index in [9.17, 15) is 20.1 Å². The summed E-state index contributed by atoms with van der Waals surface area (Å²) in [4.78, 5) is 15.1. The molecule has 1 fully saturated rings. The smallest absolute Gasteiger partial charge is 0.352 e. The summed E-state index contributed by atoms with van der Waals surface area (Å²) in [7, 11) is 0. The van der Waals surface area contributed by atoms with Crippen molar-refractivity contribution in [3.63, 3.8) is 0 Å². The minimum absolute atomic E-state index is 0.0207. The number of ether oxygens (including phenoxy) is 1. The highest BCUT2D eigenvalue weighted by Gasteiger charge is 2.51. The van der Waals surface area contributed by atoms with Gasteiger partial charge in [-0.2, -0.15) is 4.98 Å². The van der Waals surface area contributed by atoms with E-state index in [0.717, 1.165) is 4.57 Å². The highest BCUT2D eigenvalue weighted by atomic mass is 16.6. The summed E-state index contributed by atoms with van der Waals surface area (Å²) in [5.41, 5.74) is 2.85. The van der Waals surface area contributed by atoms with E-state index in [2.05, 4.69) is 4.98 Å². The van der Waals surface area contributed by atoms with Gasteiger partial charge in [0.1, 0.15) is 18.0 Å². The average Bonchev–Trinajstić information content (AvgIpc) is 2.58. The van der Waals surface area contributed by atoms with Crippen molar-refractivity contribution in [1.29, 1.82) is 0 Å². The normalized spacial score (nSPS) is 32.9. The number of hydrogen-bond donors (Lipinski definition) is 4. The van der Waals surface area contributed by atoms with Crippen molar-refractivity contribution in [1.82, 2.24) is 9.55 Å². The molecule has 2 heterocycles. The number of nitrogens with two attached hydrogens (primary N) is 1. The second-order valence-electron chi connectivity index (χ2n) is 3.83. The van der Waals surface area contributed by atoms with Gasteiger partial charge in [0.05, 0.1) is 13.2 Å². The number of anilines is 1. The summed E-state index contributed by atoms with van der Waals surface area (Å²) < 4.78 is 6.07. The standard InChI is InChI=1S/C9H13N3O5/c10-6-1-2-12(8(16)11-6)9(4-13)7(15)5(14)3-17-9/h1-2,5,7,13-15H,3-4H2,(H2,10,11,16)/t5-,7+,9+/m1/s1. The van der Waals surface area contributed by atoms with Crippen LogP contribution in [0.25, 0.3) is 0 Å². The maximum absolute atomic E-state index is 11.6. The van der Waals surface area contributed by atoms with E-state index in [-0.39, 0.29) is 12.4 Å². The quantitative estimate of drug-likeness (QED) is 0.442. The topological polar surface area (TPSA) is 131 Å². The van der Waals surface area contributed by atoms with Crippen molar-refractivity contribution in [2.24, 2.45) is 0 Å². The molecule has 1 aromatic heterocycles. The van der Waals surface area contributed by atoms with Crippen LogP contribution in [0, 0.1) is 0 Å². The number of rotatable bonds is 2. The number of nitrogens with zero attached hydrogens (tertiary/aromatic N) is 2. The molecule has 94 valence electrons. The van der Waals surface area contributed by atoms with Crippen LogP contribution in [0.15, 0.2) is 17.1 Å². The third-order valence-electron chi connectivity index (χ3n) is 2.79. The number of aliphatic hydroxyl groups excluding tert-OH is 3. The Labute approximate surface area is 95.9 Å². The molecule has 1 aliphatic rings.